The maximum atomic E-state index is 6.57. The monoisotopic (exact) mass is 429 g/mol. The fraction of sp³-hybridized carbons (Fsp3) is 0.120. The van der Waals surface area contributed by atoms with E-state index in [0.29, 0.717) is 35.4 Å². The molecule has 156 valence electrons. The van der Waals surface area contributed by atoms with Gasteiger partial charge in [0.1, 0.15) is 12.0 Å². The number of hydrogen-bond acceptors (Lipinski definition) is 5. The fourth-order valence-electron chi connectivity index (χ4n) is 3.41. The lowest BCUT2D eigenvalue weighted by molar-refractivity contribution is 0.782. The number of nitrogen functional groups attached to an aromatic ring is 1. The fourth-order valence-corrected chi connectivity index (χ4v) is 3.58. The summed E-state index contributed by atoms with van der Waals surface area (Å²) in [5.74, 6) is 1.24. The Morgan fingerprint density at radius 2 is 1.48 bits per heavy atom. The van der Waals surface area contributed by atoms with Crippen LogP contribution in [0.2, 0.25) is 5.02 Å². The molecule has 0 saturated heterocycles. The van der Waals surface area contributed by atoms with E-state index in [9.17, 15) is 0 Å². The van der Waals surface area contributed by atoms with Crippen molar-refractivity contribution in [1.82, 2.24) is 9.97 Å². The van der Waals surface area contributed by atoms with Gasteiger partial charge in [-0.15, -0.1) is 0 Å². The maximum absolute atomic E-state index is 6.57. The van der Waals surface area contributed by atoms with E-state index < -0.39 is 0 Å². The topological polar surface area (TPSA) is 67.1 Å². The lowest BCUT2D eigenvalue weighted by Crippen LogP contribution is -2.24. The van der Waals surface area contributed by atoms with Gasteiger partial charge in [-0.05, 0) is 35.7 Å². The number of aromatic nitrogens is 2. The van der Waals surface area contributed by atoms with Crippen molar-refractivity contribution >= 4 is 34.6 Å². The van der Waals surface area contributed by atoms with E-state index in [-0.39, 0.29) is 0 Å². The highest BCUT2D eigenvalue weighted by Gasteiger charge is 2.17. The van der Waals surface area contributed by atoms with Crippen molar-refractivity contribution in [2.45, 2.75) is 20.0 Å². The molecule has 0 fully saturated rings. The van der Waals surface area contributed by atoms with E-state index in [0.717, 1.165) is 11.3 Å². The minimum absolute atomic E-state index is 0.494. The third-order valence-corrected chi connectivity index (χ3v) is 5.28. The highest BCUT2D eigenvalue weighted by atomic mass is 35.5. The van der Waals surface area contributed by atoms with Crippen LogP contribution in [0.15, 0.2) is 85.2 Å². The van der Waals surface area contributed by atoms with Gasteiger partial charge < -0.3 is 16.0 Å². The van der Waals surface area contributed by atoms with Crippen LogP contribution in [0.25, 0.3) is 0 Å². The first-order valence-electron chi connectivity index (χ1n) is 10.1. The van der Waals surface area contributed by atoms with Crippen molar-refractivity contribution in [1.29, 1.82) is 0 Å². The molecule has 1 heterocycles. The van der Waals surface area contributed by atoms with Crippen molar-refractivity contribution in [3.8, 4) is 0 Å². The molecule has 31 heavy (non-hydrogen) atoms. The molecule has 0 aliphatic rings. The number of nitrogens with zero attached hydrogens (tertiary/aromatic N) is 3. The second-order valence-corrected chi connectivity index (χ2v) is 7.81. The zero-order chi connectivity index (χ0) is 21.6. The third kappa shape index (κ3) is 5.13. The minimum Gasteiger partial charge on any atom is -0.393 e. The standard InChI is InChI=1S/C25H24ClN5/c1-18-12-13-21(26)14-22(18)30-24-23(27)25(29-17-28-24)31(15-19-8-4-2-5-9-19)16-20-10-6-3-7-11-20/h2-14,17H,15-16,27H2,1H3,(H,28,29,30). The first-order valence-corrected chi connectivity index (χ1v) is 10.4. The van der Waals surface area contributed by atoms with Gasteiger partial charge in [-0.25, -0.2) is 9.97 Å². The highest BCUT2D eigenvalue weighted by Crippen LogP contribution is 2.32. The van der Waals surface area contributed by atoms with Gasteiger partial charge >= 0.3 is 0 Å². The van der Waals surface area contributed by atoms with Crippen LogP contribution >= 0.6 is 11.6 Å². The van der Waals surface area contributed by atoms with Crippen molar-refractivity contribution in [2.24, 2.45) is 0 Å². The Bertz CT molecular complexity index is 1110. The SMILES string of the molecule is Cc1ccc(Cl)cc1Nc1ncnc(N(Cc2ccccc2)Cc2ccccc2)c1N. The summed E-state index contributed by atoms with van der Waals surface area (Å²) in [6.45, 7) is 3.35. The molecular formula is C25H24ClN5. The molecule has 4 aromatic rings. The van der Waals surface area contributed by atoms with Crippen molar-refractivity contribution in [3.63, 3.8) is 0 Å². The molecule has 0 radical (unpaired) electrons. The molecule has 3 aromatic carbocycles. The summed E-state index contributed by atoms with van der Waals surface area (Å²) in [4.78, 5) is 11.1. The normalized spacial score (nSPS) is 10.6. The average Bonchev–Trinajstić information content (AvgIpc) is 2.79. The second-order valence-electron chi connectivity index (χ2n) is 7.37. The summed E-state index contributed by atoms with van der Waals surface area (Å²) >= 11 is 6.17. The van der Waals surface area contributed by atoms with Crippen LogP contribution in [0.4, 0.5) is 23.0 Å². The molecule has 0 aliphatic heterocycles. The van der Waals surface area contributed by atoms with E-state index >= 15 is 0 Å². The summed E-state index contributed by atoms with van der Waals surface area (Å²) < 4.78 is 0. The molecule has 6 heteroatoms. The molecule has 5 nitrogen and oxygen atoms in total. The molecule has 0 amide bonds. The van der Waals surface area contributed by atoms with Crippen molar-refractivity contribution in [2.75, 3.05) is 16.0 Å². The summed E-state index contributed by atoms with van der Waals surface area (Å²) in [6, 6.07) is 26.3. The van der Waals surface area contributed by atoms with Gasteiger partial charge in [-0.2, -0.15) is 0 Å². The van der Waals surface area contributed by atoms with Crippen LogP contribution in [0.5, 0.6) is 0 Å². The van der Waals surface area contributed by atoms with Crippen LogP contribution in [0.1, 0.15) is 16.7 Å². The van der Waals surface area contributed by atoms with Gasteiger partial charge in [-0.3, -0.25) is 0 Å². The Balaban J connectivity index is 1.68. The predicted molar refractivity (Wildman–Crippen MR) is 129 cm³/mol. The largest absolute Gasteiger partial charge is 0.393 e. The molecule has 0 aliphatic carbocycles. The predicted octanol–water partition coefficient (Wildman–Crippen LogP) is 5.97. The van der Waals surface area contributed by atoms with E-state index in [2.05, 4.69) is 44.5 Å². The quantitative estimate of drug-likeness (QED) is 0.378. The average molecular weight is 430 g/mol. The van der Waals surface area contributed by atoms with Gasteiger partial charge in [0.25, 0.3) is 0 Å². The lowest BCUT2D eigenvalue weighted by Gasteiger charge is -2.26. The molecule has 0 unspecified atom stereocenters. The van der Waals surface area contributed by atoms with E-state index in [1.165, 1.54) is 17.5 Å². The van der Waals surface area contributed by atoms with Crippen LogP contribution < -0.4 is 16.0 Å². The van der Waals surface area contributed by atoms with Gasteiger partial charge in [-0.1, -0.05) is 78.3 Å². The van der Waals surface area contributed by atoms with Crippen LogP contribution in [-0.4, -0.2) is 9.97 Å². The highest BCUT2D eigenvalue weighted by molar-refractivity contribution is 6.30. The lowest BCUT2D eigenvalue weighted by atomic mass is 10.1. The van der Waals surface area contributed by atoms with Crippen LogP contribution in [-0.2, 0) is 13.1 Å². The molecule has 1 aromatic heterocycles. The maximum Gasteiger partial charge on any atom is 0.159 e. The first-order chi connectivity index (χ1) is 15.1. The molecule has 0 bridgehead atoms. The second kappa shape index (κ2) is 9.49. The Morgan fingerprint density at radius 3 is 2.10 bits per heavy atom. The number of nitrogens with two attached hydrogens (primary N) is 1. The first kappa shape index (κ1) is 20.7. The number of rotatable bonds is 7. The number of nitrogens with one attached hydrogen (secondary N) is 1. The third-order valence-electron chi connectivity index (χ3n) is 5.05. The van der Waals surface area contributed by atoms with Crippen LogP contribution in [0, 0.1) is 6.92 Å². The molecular weight excluding hydrogens is 406 g/mol. The summed E-state index contributed by atoms with van der Waals surface area (Å²) in [7, 11) is 0. The number of anilines is 4. The zero-order valence-electron chi connectivity index (χ0n) is 17.3. The smallest absolute Gasteiger partial charge is 0.159 e. The van der Waals surface area contributed by atoms with Gasteiger partial charge in [0.05, 0.1) is 0 Å². The Morgan fingerprint density at radius 1 is 0.871 bits per heavy atom. The zero-order valence-corrected chi connectivity index (χ0v) is 18.1. The van der Waals surface area contributed by atoms with E-state index in [1.807, 2.05) is 61.5 Å². The number of hydrogen-bond donors (Lipinski definition) is 2. The number of aryl methyl sites for hydroxylation is 1. The van der Waals surface area contributed by atoms with Crippen molar-refractivity contribution < 1.29 is 0 Å². The molecule has 0 spiro atoms. The molecule has 4 rings (SSSR count). The molecule has 0 atom stereocenters. The molecule has 3 N–H and O–H groups in total. The molecule has 0 saturated carbocycles. The summed E-state index contributed by atoms with van der Waals surface area (Å²) in [6.07, 6.45) is 1.54. The van der Waals surface area contributed by atoms with Gasteiger partial charge in [0.2, 0.25) is 0 Å². The summed E-state index contributed by atoms with van der Waals surface area (Å²) in [5.41, 5.74) is 11.3. The summed E-state index contributed by atoms with van der Waals surface area (Å²) in [5, 5.41) is 3.97. The number of halogens is 1. The van der Waals surface area contributed by atoms with Crippen LogP contribution in [0.3, 0.4) is 0 Å². The van der Waals surface area contributed by atoms with E-state index in [1.54, 1.807) is 0 Å². The Kier molecular flexibility index (Phi) is 6.34. The Hall–Kier alpha value is -3.57. The number of benzene rings is 3. The Labute approximate surface area is 187 Å². The minimum atomic E-state index is 0.494. The van der Waals surface area contributed by atoms with Crippen molar-refractivity contribution in [3.05, 3.63) is 107 Å². The van der Waals surface area contributed by atoms with Gasteiger partial charge in [0.15, 0.2) is 11.6 Å². The van der Waals surface area contributed by atoms with E-state index in [4.69, 9.17) is 17.3 Å². The van der Waals surface area contributed by atoms with Gasteiger partial charge in [0, 0.05) is 23.8 Å².